The van der Waals surface area contributed by atoms with Crippen molar-refractivity contribution < 1.29 is 13.9 Å². The van der Waals surface area contributed by atoms with Crippen LogP contribution in [0.2, 0.25) is 0 Å². The number of benzene rings is 2. The zero-order valence-electron chi connectivity index (χ0n) is 19.6. The van der Waals surface area contributed by atoms with Crippen LogP contribution in [0, 0.1) is 0 Å². The number of thioether (sulfide) groups is 1. The minimum absolute atomic E-state index is 0.0236. The number of fused-ring (bicyclic) bond motifs is 1. The molecule has 5 rings (SSSR count). The van der Waals surface area contributed by atoms with Crippen LogP contribution < -0.4 is 10.3 Å². The molecule has 4 aromatic rings. The van der Waals surface area contributed by atoms with E-state index in [0.29, 0.717) is 40.1 Å². The number of methoxy groups -OCH3 is 1. The Morgan fingerprint density at radius 2 is 1.83 bits per heavy atom. The van der Waals surface area contributed by atoms with Crippen LogP contribution in [0.25, 0.3) is 22.4 Å². The molecular weight excluding hydrogens is 466 g/mol. The van der Waals surface area contributed by atoms with Crippen molar-refractivity contribution in [2.75, 3.05) is 40.0 Å². The zero-order chi connectivity index (χ0) is 24.0. The van der Waals surface area contributed by atoms with E-state index in [2.05, 4.69) is 15.1 Å². The SMILES string of the molecule is COc1ccc(-c2nnc(CSc3nc4ccccc4c(=O)n3CCCN3CCOCC3)o2)cc1. The van der Waals surface area contributed by atoms with E-state index < -0.39 is 0 Å². The highest BCUT2D eigenvalue weighted by molar-refractivity contribution is 7.98. The third-order valence-electron chi connectivity index (χ3n) is 5.91. The number of rotatable bonds is 9. The van der Waals surface area contributed by atoms with Crippen LogP contribution in [0.3, 0.4) is 0 Å². The molecule has 0 unspecified atom stereocenters. The van der Waals surface area contributed by atoms with Crippen molar-refractivity contribution in [1.82, 2.24) is 24.6 Å². The van der Waals surface area contributed by atoms with Gasteiger partial charge in [0.15, 0.2) is 5.16 Å². The molecule has 0 bridgehead atoms. The van der Waals surface area contributed by atoms with Crippen LogP contribution in [0.1, 0.15) is 12.3 Å². The van der Waals surface area contributed by atoms with Crippen molar-refractivity contribution in [3.8, 4) is 17.2 Å². The molecule has 0 spiro atoms. The first-order chi connectivity index (χ1) is 17.2. The van der Waals surface area contributed by atoms with Gasteiger partial charge >= 0.3 is 0 Å². The Morgan fingerprint density at radius 1 is 1.03 bits per heavy atom. The van der Waals surface area contributed by atoms with Crippen molar-refractivity contribution >= 4 is 22.7 Å². The Kier molecular flexibility index (Phi) is 7.41. The fourth-order valence-corrected chi connectivity index (χ4v) is 4.88. The normalized spacial score (nSPS) is 14.4. The molecule has 1 aliphatic heterocycles. The number of nitrogens with zero attached hydrogens (tertiary/aromatic N) is 5. The molecule has 10 heteroatoms. The second kappa shape index (κ2) is 11.0. The minimum atomic E-state index is -0.0236. The van der Waals surface area contributed by atoms with E-state index in [9.17, 15) is 4.79 Å². The highest BCUT2D eigenvalue weighted by Gasteiger charge is 2.16. The zero-order valence-corrected chi connectivity index (χ0v) is 20.4. The van der Waals surface area contributed by atoms with Gasteiger partial charge in [-0.15, -0.1) is 10.2 Å². The van der Waals surface area contributed by atoms with Crippen molar-refractivity contribution in [3.63, 3.8) is 0 Å². The van der Waals surface area contributed by atoms with Crippen molar-refractivity contribution in [3.05, 3.63) is 64.8 Å². The molecule has 1 saturated heterocycles. The molecule has 0 radical (unpaired) electrons. The number of ether oxygens (including phenoxy) is 2. The maximum atomic E-state index is 13.3. The van der Waals surface area contributed by atoms with Gasteiger partial charge in [-0.2, -0.15) is 0 Å². The Hall–Kier alpha value is -3.21. The van der Waals surface area contributed by atoms with Gasteiger partial charge in [0.1, 0.15) is 5.75 Å². The average molecular weight is 494 g/mol. The van der Waals surface area contributed by atoms with Crippen molar-refractivity contribution in [2.45, 2.75) is 23.9 Å². The van der Waals surface area contributed by atoms with Gasteiger partial charge in [-0.1, -0.05) is 23.9 Å². The molecule has 1 fully saturated rings. The lowest BCUT2D eigenvalue weighted by Crippen LogP contribution is -2.37. The lowest BCUT2D eigenvalue weighted by Gasteiger charge is -2.26. The first-order valence-electron chi connectivity index (χ1n) is 11.6. The Bertz CT molecular complexity index is 1330. The van der Waals surface area contributed by atoms with Crippen LogP contribution in [-0.4, -0.2) is 64.6 Å². The number of hydrogen-bond acceptors (Lipinski definition) is 9. The monoisotopic (exact) mass is 493 g/mol. The lowest BCUT2D eigenvalue weighted by molar-refractivity contribution is 0.0368. The molecule has 9 nitrogen and oxygen atoms in total. The Balaban J connectivity index is 1.32. The summed E-state index contributed by atoms with van der Waals surface area (Å²) in [5.74, 6) is 2.09. The van der Waals surface area contributed by atoms with Crippen LogP contribution >= 0.6 is 11.8 Å². The maximum absolute atomic E-state index is 13.3. The number of hydrogen-bond donors (Lipinski definition) is 0. The van der Waals surface area contributed by atoms with E-state index in [1.165, 1.54) is 11.8 Å². The smallest absolute Gasteiger partial charge is 0.262 e. The second-order valence-electron chi connectivity index (χ2n) is 8.19. The van der Waals surface area contributed by atoms with E-state index in [1.807, 2.05) is 48.5 Å². The first-order valence-corrected chi connectivity index (χ1v) is 12.6. The summed E-state index contributed by atoms with van der Waals surface area (Å²) in [5.41, 5.74) is 1.48. The molecule has 3 heterocycles. The lowest BCUT2D eigenvalue weighted by atomic mass is 10.2. The van der Waals surface area contributed by atoms with Gasteiger partial charge < -0.3 is 13.9 Å². The molecule has 0 saturated carbocycles. The summed E-state index contributed by atoms with van der Waals surface area (Å²) in [6.07, 6.45) is 0.857. The van der Waals surface area contributed by atoms with Gasteiger partial charge in [-0.05, 0) is 42.8 Å². The molecule has 1 aliphatic rings. The summed E-state index contributed by atoms with van der Waals surface area (Å²) in [5, 5.41) is 9.64. The predicted octanol–water partition coefficient (Wildman–Crippen LogP) is 3.47. The van der Waals surface area contributed by atoms with Gasteiger partial charge in [0.2, 0.25) is 11.8 Å². The largest absolute Gasteiger partial charge is 0.497 e. The molecular formula is C25H27N5O4S. The van der Waals surface area contributed by atoms with E-state index in [-0.39, 0.29) is 5.56 Å². The van der Waals surface area contributed by atoms with Crippen molar-refractivity contribution in [1.29, 1.82) is 0 Å². The quantitative estimate of drug-likeness (QED) is 0.256. The van der Waals surface area contributed by atoms with Gasteiger partial charge in [0, 0.05) is 31.7 Å². The molecule has 35 heavy (non-hydrogen) atoms. The molecule has 2 aromatic carbocycles. The first kappa shape index (κ1) is 23.5. The predicted molar refractivity (Wildman–Crippen MR) is 134 cm³/mol. The van der Waals surface area contributed by atoms with E-state index >= 15 is 0 Å². The van der Waals surface area contributed by atoms with Crippen LogP contribution in [0.4, 0.5) is 0 Å². The molecule has 0 atom stereocenters. The second-order valence-corrected chi connectivity index (χ2v) is 9.14. The summed E-state index contributed by atoms with van der Waals surface area (Å²) in [6.45, 7) is 4.90. The molecule has 0 N–H and O–H groups in total. The number of para-hydroxylation sites is 1. The van der Waals surface area contributed by atoms with Gasteiger partial charge in [0.05, 0.1) is 37.0 Å². The fourth-order valence-electron chi connectivity index (χ4n) is 4.02. The summed E-state index contributed by atoms with van der Waals surface area (Å²) < 4.78 is 18.3. The molecule has 2 aromatic heterocycles. The summed E-state index contributed by atoms with van der Waals surface area (Å²) >= 11 is 1.43. The van der Waals surface area contributed by atoms with Crippen molar-refractivity contribution in [2.24, 2.45) is 0 Å². The van der Waals surface area contributed by atoms with Gasteiger partial charge in [-0.3, -0.25) is 14.3 Å². The Labute approximate surface area is 207 Å². The highest BCUT2D eigenvalue weighted by atomic mass is 32.2. The molecule has 0 aliphatic carbocycles. The van der Waals surface area contributed by atoms with Crippen LogP contribution in [0.15, 0.2) is 62.9 Å². The average Bonchev–Trinajstić information content (AvgIpc) is 3.39. The highest BCUT2D eigenvalue weighted by Crippen LogP contribution is 2.25. The number of morpholine rings is 1. The Morgan fingerprint density at radius 3 is 2.63 bits per heavy atom. The standard InChI is InChI=1S/C25H27N5O4S/c1-32-19-9-7-18(8-10-19)23-28-27-22(34-23)17-35-25-26-21-6-3-2-5-20(21)24(31)30(25)12-4-11-29-13-15-33-16-14-29/h2-3,5-10H,4,11-17H2,1H3. The van der Waals surface area contributed by atoms with Crippen LogP contribution in [0.5, 0.6) is 5.75 Å². The van der Waals surface area contributed by atoms with E-state index in [4.69, 9.17) is 18.9 Å². The third-order valence-corrected chi connectivity index (χ3v) is 6.88. The van der Waals surface area contributed by atoms with Crippen LogP contribution in [-0.2, 0) is 17.0 Å². The minimum Gasteiger partial charge on any atom is -0.497 e. The maximum Gasteiger partial charge on any atom is 0.262 e. The van der Waals surface area contributed by atoms with E-state index in [0.717, 1.165) is 50.6 Å². The molecule has 0 amide bonds. The van der Waals surface area contributed by atoms with E-state index in [1.54, 1.807) is 11.7 Å². The topological polar surface area (TPSA) is 95.5 Å². The summed E-state index contributed by atoms with van der Waals surface area (Å²) in [7, 11) is 1.63. The molecule has 182 valence electrons. The number of aromatic nitrogens is 4. The fraction of sp³-hybridized carbons (Fsp3) is 0.360. The summed E-state index contributed by atoms with van der Waals surface area (Å²) in [4.78, 5) is 20.5. The van der Waals surface area contributed by atoms with Gasteiger partial charge in [-0.25, -0.2) is 4.98 Å². The van der Waals surface area contributed by atoms with Gasteiger partial charge in [0.25, 0.3) is 5.56 Å². The third kappa shape index (κ3) is 5.55. The summed E-state index contributed by atoms with van der Waals surface area (Å²) in [6, 6.07) is 14.9.